The van der Waals surface area contributed by atoms with E-state index in [0.717, 1.165) is 19.5 Å². The minimum Gasteiger partial charge on any atom is -0.314 e. The lowest BCUT2D eigenvalue weighted by Gasteiger charge is -2.33. The summed E-state index contributed by atoms with van der Waals surface area (Å²) in [6.45, 7) is 6.91. The maximum atomic E-state index is 3.45. The van der Waals surface area contributed by atoms with Gasteiger partial charge < -0.3 is 5.32 Å². The summed E-state index contributed by atoms with van der Waals surface area (Å²) in [5.74, 6) is 0. The van der Waals surface area contributed by atoms with Gasteiger partial charge in [0.1, 0.15) is 0 Å². The molecule has 0 bridgehead atoms. The quantitative estimate of drug-likeness (QED) is 0.934. The molecule has 108 valence electrons. The molecule has 1 atom stereocenters. The molecule has 0 radical (unpaired) electrons. The Labute approximate surface area is 127 Å². The highest BCUT2D eigenvalue weighted by Gasteiger charge is 2.16. The van der Waals surface area contributed by atoms with Gasteiger partial charge in [0.2, 0.25) is 0 Å². The molecule has 1 N–H and O–H groups in total. The number of rotatable bonds is 3. The zero-order valence-corrected chi connectivity index (χ0v) is 12.8. The molecule has 1 heterocycles. The number of hydrogen-bond acceptors (Lipinski definition) is 2. The van der Waals surface area contributed by atoms with Gasteiger partial charge in [0.25, 0.3) is 0 Å². The summed E-state index contributed by atoms with van der Waals surface area (Å²) in [4.78, 5) is 2.59. The smallest absolute Gasteiger partial charge is 0.0193 e. The van der Waals surface area contributed by atoms with E-state index >= 15 is 0 Å². The van der Waals surface area contributed by atoms with E-state index in [9.17, 15) is 0 Å². The topological polar surface area (TPSA) is 15.3 Å². The van der Waals surface area contributed by atoms with Crippen molar-refractivity contribution in [3.8, 4) is 0 Å². The second-order valence-electron chi connectivity index (χ2n) is 5.52. The van der Waals surface area contributed by atoms with Gasteiger partial charge in [0, 0.05) is 32.2 Å². The number of halogens is 1. The SMILES string of the molecule is C[C@@H]1CNCCN1CCc1ccc2ccccc2c1.Cl. The van der Waals surface area contributed by atoms with Crippen LogP contribution in [0.15, 0.2) is 42.5 Å². The number of fused-ring (bicyclic) bond motifs is 1. The minimum absolute atomic E-state index is 0. The van der Waals surface area contributed by atoms with Gasteiger partial charge in [-0.1, -0.05) is 42.5 Å². The highest BCUT2D eigenvalue weighted by atomic mass is 35.5. The molecule has 20 heavy (non-hydrogen) atoms. The molecule has 3 rings (SSSR count). The Balaban J connectivity index is 0.00000147. The lowest BCUT2D eigenvalue weighted by Crippen LogP contribution is -2.50. The summed E-state index contributed by atoms with van der Waals surface area (Å²) in [5.41, 5.74) is 1.45. The highest BCUT2D eigenvalue weighted by molar-refractivity contribution is 5.85. The van der Waals surface area contributed by atoms with Gasteiger partial charge in [-0.3, -0.25) is 4.90 Å². The fourth-order valence-corrected chi connectivity index (χ4v) is 2.88. The van der Waals surface area contributed by atoms with E-state index in [1.54, 1.807) is 0 Å². The van der Waals surface area contributed by atoms with Gasteiger partial charge in [0.15, 0.2) is 0 Å². The zero-order valence-electron chi connectivity index (χ0n) is 12.0. The van der Waals surface area contributed by atoms with Gasteiger partial charge in [-0.25, -0.2) is 0 Å². The molecule has 2 nitrogen and oxygen atoms in total. The third-order valence-electron chi connectivity index (χ3n) is 4.14. The molecule has 0 amide bonds. The minimum atomic E-state index is 0. The molecule has 0 aliphatic carbocycles. The predicted molar refractivity (Wildman–Crippen MR) is 88.8 cm³/mol. The van der Waals surface area contributed by atoms with Crippen LogP contribution in [0.4, 0.5) is 0 Å². The van der Waals surface area contributed by atoms with Crippen molar-refractivity contribution in [3.63, 3.8) is 0 Å². The number of nitrogens with zero attached hydrogens (tertiary/aromatic N) is 1. The molecule has 0 unspecified atom stereocenters. The number of piperazine rings is 1. The molecule has 1 aliphatic rings. The largest absolute Gasteiger partial charge is 0.314 e. The van der Waals surface area contributed by atoms with E-state index < -0.39 is 0 Å². The first-order valence-electron chi connectivity index (χ1n) is 7.25. The van der Waals surface area contributed by atoms with Crippen LogP contribution in [0.5, 0.6) is 0 Å². The molecular weight excluding hydrogens is 268 g/mol. The van der Waals surface area contributed by atoms with Crippen molar-refractivity contribution in [1.29, 1.82) is 0 Å². The molecule has 0 spiro atoms. The molecule has 3 heteroatoms. The summed E-state index contributed by atoms with van der Waals surface area (Å²) in [5, 5.41) is 6.14. The number of nitrogens with one attached hydrogen (secondary N) is 1. The fraction of sp³-hybridized carbons (Fsp3) is 0.412. The van der Waals surface area contributed by atoms with Gasteiger partial charge in [-0.05, 0) is 29.7 Å². The third kappa shape index (κ3) is 3.51. The predicted octanol–water partition coefficient (Wildman–Crippen LogP) is 3.10. The molecular formula is C17H23ClN2. The molecule has 2 aromatic carbocycles. The van der Waals surface area contributed by atoms with Crippen LogP contribution in [-0.4, -0.2) is 37.1 Å². The molecule has 0 saturated carbocycles. The standard InChI is InChI=1S/C17H22N2.ClH/c1-14-13-18-9-11-19(14)10-8-15-6-7-16-4-2-3-5-17(16)12-15;/h2-7,12,14,18H,8-11,13H2,1H3;1H/t14-;/m1./s1. The summed E-state index contributed by atoms with van der Waals surface area (Å²) in [6, 6.07) is 16.1. The third-order valence-corrected chi connectivity index (χ3v) is 4.14. The molecule has 1 fully saturated rings. The van der Waals surface area contributed by atoms with Gasteiger partial charge in [-0.15, -0.1) is 12.4 Å². The molecule has 1 saturated heterocycles. The molecule has 2 aromatic rings. The van der Waals surface area contributed by atoms with Gasteiger partial charge in [0.05, 0.1) is 0 Å². The van der Waals surface area contributed by atoms with Crippen molar-refractivity contribution in [1.82, 2.24) is 10.2 Å². The summed E-state index contributed by atoms with van der Waals surface area (Å²) in [6.07, 6.45) is 1.15. The van der Waals surface area contributed by atoms with E-state index in [1.165, 1.54) is 29.4 Å². The molecule has 0 aromatic heterocycles. The highest BCUT2D eigenvalue weighted by Crippen LogP contribution is 2.16. The van der Waals surface area contributed by atoms with E-state index in [0.29, 0.717) is 6.04 Å². The van der Waals surface area contributed by atoms with Crippen molar-refractivity contribution < 1.29 is 0 Å². The second kappa shape index (κ2) is 7.07. The first kappa shape index (κ1) is 15.3. The van der Waals surface area contributed by atoms with Gasteiger partial charge in [-0.2, -0.15) is 0 Å². The summed E-state index contributed by atoms with van der Waals surface area (Å²) in [7, 11) is 0. The number of hydrogen-bond donors (Lipinski definition) is 1. The van der Waals surface area contributed by atoms with Crippen LogP contribution in [0.25, 0.3) is 10.8 Å². The lowest BCUT2D eigenvalue weighted by atomic mass is 10.0. The van der Waals surface area contributed by atoms with Crippen molar-refractivity contribution in [3.05, 3.63) is 48.0 Å². The summed E-state index contributed by atoms with van der Waals surface area (Å²) < 4.78 is 0. The number of benzene rings is 2. The second-order valence-corrected chi connectivity index (χ2v) is 5.52. The van der Waals surface area contributed by atoms with E-state index in [2.05, 4.69) is 59.6 Å². The van der Waals surface area contributed by atoms with Crippen molar-refractivity contribution in [2.24, 2.45) is 0 Å². The van der Waals surface area contributed by atoms with E-state index in [-0.39, 0.29) is 12.4 Å². The van der Waals surface area contributed by atoms with Crippen molar-refractivity contribution in [2.75, 3.05) is 26.2 Å². The van der Waals surface area contributed by atoms with Crippen LogP contribution in [-0.2, 0) is 6.42 Å². The fourth-order valence-electron chi connectivity index (χ4n) is 2.88. The Bertz CT molecular complexity index is 555. The monoisotopic (exact) mass is 290 g/mol. The van der Waals surface area contributed by atoms with Crippen LogP contribution in [0.3, 0.4) is 0 Å². The Morgan fingerprint density at radius 2 is 1.95 bits per heavy atom. The van der Waals surface area contributed by atoms with E-state index in [1.807, 2.05) is 0 Å². The summed E-state index contributed by atoms with van der Waals surface area (Å²) >= 11 is 0. The zero-order chi connectivity index (χ0) is 13.1. The van der Waals surface area contributed by atoms with Crippen LogP contribution in [0, 0.1) is 0 Å². The Kier molecular flexibility index (Phi) is 5.41. The maximum absolute atomic E-state index is 3.45. The average molecular weight is 291 g/mol. The van der Waals surface area contributed by atoms with Gasteiger partial charge >= 0.3 is 0 Å². The first-order chi connectivity index (χ1) is 9.33. The average Bonchev–Trinajstić information content (AvgIpc) is 2.46. The van der Waals surface area contributed by atoms with Crippen LogP contribution in [0.1, 0.15) is 12.5 Å². The van der Waals surface area contributed by atoms with Crippen molar-refractivity contribution >= 4 is 23.2 Å². The van der Waals surface area contributed by atoms with Crippen LogP contribution < -0.4 is 5.32 Å². The van der Waals surface area contributed by atoms with Crippen molar-refractivity contribution in [2.45, 2.75) is 19.4 Å². The molecule has 1 aliphatic heterocycles. The first-order valence-corrected chi connectivity index (χ1v) is 7.25. The van der Waals surface area contributed by atoms with E-state index in [4.69, 9.17) is 0 Å². The van der Waals surface area contributed by atoms with Crippen LogP contribution in [0.2, 0.25) is 0 Å². The Morgan fingerprint density at radius 3 is 2.75 bits per heavy atom. The van der Waals surface area contributed by atoms with Crippen LogP contribution >= 0.6 is 12.4 Å². The maximum Gasteiger partial charge on any atom is 0.0193 e. The Hall–Kier alpha value is -1.09. The lowest BCUT2D eigenvalue weighted by molar-refractivity contribution is 0.176. The normalized spacial score (nSPS) is 19.8. The Morgan fingerprint density at radius 1 is 1.15 bits per heavy atom.